The molecule has 1 amide bonds. The summed E-state index contributed by atoms with van der Waals surface area (Å²) in [5, 5.41) is 1.71. The van der Waals surface area contributed by atoms with E-state index in [0.29, 0.717) is 5.02 Å². The van der Waals surface area contributed by atoms with E-state index in [1.165, 1.54) is 29.3 Å². The number of halogens is 1. The number of hydrogen-bond acceptors (Lipinski definition) is 6. The van der Waals surface area contributed by atoms with Crippen LogP contribution < -0.4 is 10.1 Å². The second kappa shape index (κ2) is 8.26. The minimum atomic E-state index is -4.01. The highest BCUT2D eigenvalue weighted by atomic mass is 35.5. The predicted molar refractivity (Wildman–Crippen MR) is 91.7 cm³/mol. The minimum absolute atomic E-state index is 0.0751. The monoisotopic (exact) mass is 397 g/mol. The Morgan fingerprint density at radius 2 is 1.71 bits per heavy atom. The molecule has 1 atom stereocenters. The Morgan fingerprint density at radius 3 is 2.17 bits per heavy atom. The first kappa shape index (κ1) is 20.8. The van der Waals surface area contributed by atoms with Crippen LogP contribution in [0.15, 0.2) is 29.2 Å². The van der Waals surface area contributed by atoms with E-state index in [-0.39, 0.29) is 17.1 Å². The number of amides is 1. The van der Waals surface area contributed by atoms with E-state index >= 15 is 0 Å². The second-order valence-electron chi connectivity index (χ2n) is 5.42. The van der Waals surface area contributed by atoms with Crippen LogP contribution in [0.2, 0.25) is 5.02 Å². The number of sulfone groups is 1. The molecule has 0 radical (unpaired) electrons. The molecule has 1 aromatic rings. The van der Waals surface area contributed by atoms with E-state index in [2.05, 4.69) is 10.1 Å². The van der Waals surface area contributed by atoms with Gasteiger partial charge in [0.05, 0.1) is 10.6 Å². The first-order valence-corrected chi connectivity index (χ1v) is 10.8. The van der Waals surface area contributed by atoms with Gasteiger partial charge in [0.25, 0.3) is 5.91 Å². The molecule has 0 saturated heterocycles. The lowest BCUT2D eigenvalue weighted by atomic mass is 10.2. The zero-order valence-electron chi connectivity index (χ0n) is 13.5. The zero-order chi connectivity index (χ0) is 18.5. The summed E-state index contributed by atoms with van der Waals surface area (Å²) in [6.45, 7) is 0. The SMILES string of the molecule is CN(C)NC(=O)[C@H](CCS(C)(=O)=O)NS(=O)(=O)c1ccc(Cl)cc1. The van der Waals surface area contributed by atoms with E-state index in [1.54, 1.807) is 14.1 Å². The van der Waals surface area contributed by atoms with Crippen molar-refractivity contribution < 1.29 is 21.6 Å². The Kier molecular flexibility index (Phi) is 7.17. The van der Waals surface area contributed by atoms with Gasteiger partial charge in [-0.2, -0.15) is 4.72 Å². The quantitative estimate of drug-likeness (QED) is 0.598. The van der Waals surface area contributed by atoms with Crippen molar-refractivity contribution in [2.45, 2.75) is 17.4 Å². The molecule has 0 bridgehead atoms. The molecule has 2 N–H and O–H groups in total. The fraction of sp³-hybridized carbons (Fsp3) is 0.462. The Bertz CT molecular complexity index is 776. The van der Waals surface area contributed by atoms with Gasteiger partial charge < -0.3 is 0 Å². The van der Waals surface area contributed by atoms with Gasteiger partial charge in [0.1, 0.15) is 15.9 Å². The molecule has 24 heavy (non-hydrogen) atoms. The molecule has 136 valence electrons. The van der Waals surface area contributed by atoms with Crippen molar-refractivity contribution >= 4 is 37.4 Å². The van der Waals surface area contributed by atoms with Gasteiger partial charge in [-0.15, -0.1) is 0 Å². The lowest BCUT2D eigenvalue weighted by Crippen LogP contribution is -2.50. The van der Waals surface area contributed by atoms with Crippen molar-refractivity contribution in [2.24, 2.45) is 0 Å². The third kappa shape index (κ3) is 7.14. The van der Waals surface area contributed by atoms with E-state index in [1.807, 2.05) is 0 Å². The fourth-order valence-electron chi connectivity index (χ4n) is 1.74. The Balaban J connectivity index is 3.01. The molecule has 0 spiro atoms. The Labute approximate surface area is 147 Å². The van der Waals surface area contributed by atoms with Crippen molar-refractivity contribution in [2.75, 3.05) is 26.1 Å². The normalized spacial score (nSPS) is 13.7. The number of nitrogens with zero attached hydrogens (tertiary/aromatic N) is 1. The number of sulfonamides is 1. The maximum absolute atomic E-state index is 12.4. The average molecular weight is 398 g/mol. The van der Waals surface area contributed by atoms with Gasteiger partial charge in [-0.1, -0.05) is 11.6 Å². The summed E-state index contributed by atoms with van der Waals surface area (Å²) in [6.07, 6.45) is 0.826. The predicted octanol–water partition coefficient (Wildman–Crippen LogP) is 0.0144. The summed E-state index contributed by atoms with van der Waals surface area (Å²) >= 11 is 5.72. The second-order valence-corrected chi connectivity index (χ2v) is 9.83. The van der Waals surface area contributed by atoms with Gasteiger partial charge in [0.15, 0.2) is 0 Å². The van der Waals surface area contributed by atoms with Crippen LogP contribution >= 0.6 is 11.6 Å². The molecule has 0 aliphatic heterocycles. The summed E-state index contributed by atoms with van der Waals surface area (Å²) in [6, 6.07) is 4.16. The van der Waals surface area contributed by atoms with Gasteiger partial charge >= 0.3 is 0 Å². The zero-order valence-corrected chi connectivity index (χ0v) is 15.9. The lowest BCUT2D eigenvalue weighted by molar-refractivity contribution is -0.126. The summed E-state index contributed by atoms with van der Waals surface area (Å²) in [5.74, 6) is -0.983. The molecule has 11 heteroatoms. The molecular formula is C13H20ClN3O5S2. The summed E-state index contributed by atoms with van der Waals surface area (Å²) in [4.78, 5) is 12.1. The number of rotatable bonds is 8. The smallest absolute Gasteiger partial charge is 0.252 e. The van der Waals surface area contributed by atoms with Gasteiger partial charge in [-0.3, -0.25) is 10.2 Å². The number of hydrogen-bond donors (Lipinski definition) is 2. The third-order valence-electron chi connectivity index (χ3n) is 2.85. The highest BCUT2D eigenvalue weighted by Crippen LogP contribution is 2.15. The van der Waals surface area contributed by atoms with Crippen LogP contribution in [0.4, 0.5) is 0 Å². The minimum Gasteiger partial charge on any atom is -0.288 e. The van der Waals surface area contributed by atoms with Crippen molar-refractivity contribution in [3.8, 4) is 0 Å². The van der Waals surface area contributed by atoms with Crippen LogP contribution in [0.5, 0.6) is 0 Å². The Hall–Kier alpha value is -1.20. The topological polar surface area (TPSA) is 113 Å². The van der Waals surface area contributed by atoms with E-state index in [9.17, 15) is 21.6 Å². The first-order chi connectivity index (χ1) is 10.9. The highest BCUT2D eigenvalue weighted by molar-refractivity contribution is 7.90. The molecular weight excluding hydrogens is 378 g/mol. The molecule has 0 saturated carbocycles. The molecule has 1 rings (SSSR count). The van der Waals surface area contributed by atoms with Crippen LogP contribution in [0.1, 0.15) is 6.42 Å². The summed E-state index contributed by atoms with van der Waals surface area (Å²) in [7, 11) is -4.25. The van der Waals surface area contributed by atoms with Gasteiger partial charge in [0.2, 0.25) is 10.0 Å². The number of carbonyl (C=O) groups excluding carboxylic acids is 1. The van der Waals surface area contributed by atoms with Crippen molar-refractivity contribution in [3.05, 3.63) is 29.3 Å². The summed E-state index contributed by atoms with van der Waals surface area (Å²) < 4.78 is 49.6. The van der Waals surface area contributed by atoms with Gasteiger partial charge in [-0.25, -0.2) is 21.8 Å². The van der Waals surface area contributed by atoms with Crippen LogP contribution in [0, 0.1) is 0 Å². The molecule has 0 heterocycles. The maximum Gasteiger partial charge on any atom is 0.252 e. The molecule has 0 unspecified atom stereocenters. The molecule has 8 nitrogen and oxygen atoms in total. The lowest BCUT2D eigenvalue weighted by Gasteiger charge is -2.20. The van der Waals surface area contributed by atoms with Crippen molar-refractivity contribution in [3.63, 3.8) is 0 Å². The fourth-order valence-corrected chi connectivity index (χ4v) is 3.76. The van der Waals surface area contributed by atoms with Crippen molar-refractivity contribution in [1.29, 1.82) is 0 Å². The number of benzene rings is 1. The van der Waals surface area contributed by atoms with Crippen LogP contribution in [0.25, 0.3) is 0 Å². The largest absolute Gasteiger partial charge is 0.288 e. The van der Waals surface area contributed by atoms with Crippen LogP contribution in [0.3, 0.4) is 0 Å². The van der Waals surface area contributed by atoms with Gasteiger partial charge in [0, 0.05) is 25.4 Å². The van der Waals surface area contributed by atoms with E-state index < -0.39 is 31.8 Å². The summed E-state index contributed by atoms with van der Waals surface area (Å²) in [5.41, 5.74) is 2.41. The van der Waals surface area contributed by atoms with E-state index in [0.717, 1.165) is 6.26 Å². The third-order valence-corrected chi connectivity index (χ3v) is 5.57. The molecule has 0 aliphatic carbocycles. The van der Waals surface area contributed by atoms with Crippen LogP contribution in [-0.2, 0) is 24.7 Å². The average Bonchev–Trinajstić information content (AvgIpc) is 2.42. The van der Waals surface area contributed by atoms with Crippen LogP contribution in [-0.4, -0.2) is 59.9 Å². The van der Waals surface area contributed by atoms with Crippen molar-refractivity contribution in [1.82, 2.24) is 15.2 Å². The number of hydrazine groups is 1. The first-order valence-electron chi connectivity index (χ1n) is 6.84. The molecule has 1 aromatic carbocycles. The highest BCUT2D eigenvalue weighted by Gasteiger charge is 2.27. The molecule has 0 fully saturated rings. The molecule has 0 aliphatic rings. The Morgan fingerprint density at radius 1 is 1.17 bits per heavy atom. The molecule has 0 aromatic heterocycles. The number of nitrogens with one attached hydrogen (secondary N) is 2. The standard InChI is InChI=1S/C13H20ClN3O5S2/c1-17(2)15-13(18)12(8-9-23(3,19)20)16-24(21,22)11-6-4-10(14)5-7-11/h4-7,12,16H,8-9H2,1-3H3,(H,15,18)/t12-/m0/s1. The van der Waals surface area contributed by atoms with E-state index in [4.69, 9.17) is 11.6 Å². The maximum atomic E-state index is 12.4. The number of carbonyl (C=O) groups is 1. The van der Waals surface area contributed by atoms with Gasteiger partial charge in [-0.05, 0) is 30.7 Å².